The van der Waals surface area contributed by atoms with Crippen LogP contribution < -0.4 is 5.73 Å². The summed E-state index contributed by atoms with van der Waals surface area (Å²) in [5, 5.41) is 0. The topological polar surface area (TPSA) is 73.4 Å². The number of imidazole rings is 1. The molecule has 1 amide bonds. The van der Waals surface area contributed by atoms with Gasteiger partial charge in [0.05, 0.1) is 18.0 Å². The average molecular weight is 370 g/mol. The summed E-state index contributed by atoms with van der Waals surface area (Å²) in [4.78, 5) is 19.1. The predicted octanol–water partition coefficient (Wildman–Crippen LogP) is 3.61. The molecule has 0 unspecified atom stereocenters. The molecule has 1 aromatic heterocycles. The Kier molecular flexibility index (Phi) is 6.50. The first-order valence-corrected chi connectivity index (χ1v) is 9.88. The van der Waals surface area contributed by atoms with Crippen LogP contribution in [0.5, 0.6) is 0 Å². The third-order valence-electron chi connectivity index (χ3n) is 5.30. The zero-order chi connectivity index (χ0) is 19.2. The number of nitrogens with zero attached hydrogens (tertiary/aromatic N) is 3. The number of benzene rings is 1. The van der Waals surface area contributed by atoms with Gasteiger partial charge < -0.3 is 19.9 Å². The van der Waals surface area contributed by atoms with Crippen molar-refractivity contribution < 1.29 is 9.53 Å². The molecule has 0 radical (unpaired) electrons. The maximum atomic E-state index is 12.8. The Morgan fingerprint density at radius 1 is 1.33 bits per heavy atom. The molecule has 3 rings (SSSR count). The summed E-state index contributed by atoms with van der Waals surface area (Å²) in [6, 6.07) is 5.47. The van der Waals surface area contributed by atoms with Crippen LogP contribution in [0, 0.1) is 0 Å². The molecule has 2 N–H and O–H groups in total. The van der Waals surface area contributed by atoms with Crippen LogP contribution in [0.1, 0.15) is 61.1 Å². The monoisotopic (exact) mass is 370 g/mol. The lowest BCUT2D eigenvalue weighted by Gasteiger charge is -2.23. The smallest absolute Gasteiger partial charge is 0.253 e. The Balaban J connectivity index is 1.84. The summed E-state index contributed by atoms with van der Waals surface area (Å²) in [7, 11) is 1.79. The minimum atomic E-state index is -0.0321. The summed E-state index contributed by atoms with van der Waals surface area (Å²) < 4.78 is 7.41. The number of anilines is 1. The van der Waals surface area contributed by atoms with Gasteiger partial charge in [0, 0.05) is 44.1 Å². The maximum Gasteiger partial charge on any atom is 0.253 e. The van der Waals surface area contributed by atoms with Gasteiger partial charge in [0.25, 0.3) is 5.91 Å². The fourth-order valence-electron chi connectivity index (χ4n) is 3.73. The van der Waals surface area contributed by atoms with Gasteiger partial charge in [-0.15, -0.1) is 0 Å². The van der Waals surface area contributed by atoms with Crippen LogP contribution in [-0.4, -0.2) is 47.2 Å². The van der Waals surface area contributed by atoms with E-state index in [2.05, 4.69) is 9.55 Å². The largest absolute Gasteiger partial charge is 0.397 e. The fraction of sp³-hybridized carbons (Fsp3) is 0.524. The second-order valence-electron chi connectivity index (χ2n) is 7.19. The molecule has 1 saturated carbocycles. The van der Waals surface area contributed by atoms with Crippen molar-refractivity contribution in [2.75, 3.05) is 32.5 Å². The summed E-state index contributed by atoms with van der Waals surface area (Å²) in [6.45, 7) is 3.69. The standard InChI is InChI=1S/C21H30N4O2/c1-3-27-14-13-24(2)21(26)17-9-10-18(22)19(15-17)25-12-11-23-20(25)16-7-5-4-6-8-16/h9-12,15-16H,3-8,13-14,22H2,1-2H3. The number of carbonyl (C=O) groups excluding carboxylic acids is 1. The zero-order valence-corrected chi connectivity index (χ0v) is 16.4. The molecule has 27 heavy (non-hydrogen) atoms. The molecule has 0 saturated heterocycles. The first-order chi connectivity index (χ1) is 13.1. The van der Waals surface area contributed by atoms with Crippen molar-refractivity contribution in [3.05, 3.63) is 42.0 Å². The zero-order valence-electron chi connectivity index (χ0n) is 16.4. The summed E-state index contributed by atoms with van der Waals surface area (Å²) in [5.41, 5.74) is 8.37. The lowest BCUT2D eigenvalue weighted by Crippen LogP contribution is -2.30. The molecule has 1 aromatic carbocycles. The third-order valence-corrected chi connectivity index (χ3v) is 5.30. The van der Waals surface area contributed by atoms with Crippen molar-refractivity contribution >= 4 is 11.6 Å². The van der Waals surface area contributed by atoms with Gasteiger partial charge in [0.15, 0.2) is 0 Å². The van der Waals surface area contributed by atoms with Crippen molar-refractivity contribution in [1.82, 2.24) is 14.5 Å². The lowest BCUT2D eigenvalue weighted by molar-refractivity contribution is 0.0710. The van der Waals surface area contributed by atoms with E-state index >= 15 is 0 Å². The van der Waals surface area contributed by atoms with Crippen molar-refractivity contribution in [1.29, 1.82) is 0 Å². The number of hydrogen-bond donors (Lipinski definition) is 1. The van der Waals surface area contributed by atoms with Gasteiger partial charge >= 0.3 is 0 Å². The van der Waals surface area contributed by atoms with E-state index in [1.807, 2.05) is 31.5 Å². The molecule has 1 aliphatic carbocycles. The van der Waals surface area contributed by atoms with Gasteiger partial charge in [0.1, 0.15) is 5.82 Å². The number of amides is 1. The minimum absolute atomic E-state index is 0.0321. The number of carbonyl (C=O) groups is 1. The van der Waals surface area contributed by atoms with E-state index in [1.54, 1.807) is 18.0 Å². The van der Waals surface area contributed by atoms with E-state index in [1.165, 1.54) is 19.3 Å². The van der Waals surface area contributed by atoms with Crippen LogP contribution in [0.4, 0.5) is 5.69 Å². The number of hydrogen-bond acceptors (Lipinski definition) is 4. The van der Waals surface area contributed by atoms with E-state index in [0.717, 1.165) is 24.4 Å². The molecule has 0 bridgehead atoms. The molecule has 6 heteroatoms. The molecule has 6 nitrogen and oxygen atoms in total. The Bertz CT molecular complexity index is 765. The predicted molar refractivity (Wildman–Crippen MR) is 107 cm³/mol. The number of aromatic nitrogens is 2. The molecular formula is C21H30N4O2. The van der Waals surface area contributed by atoms with Crippen LogP contribution in [-0.2, 0) is 4.74 Å². The summed E-state index contributed by atoms with van der Waals surface area (Å²) >= 11 is 0. The molecule has 0 spiro atoms. The molecule has 1 fully saturated rings. The van der Waals surface area contributed by atoms with Crippen molar-refractivity contribution in [3.8, 4) is 5.69 Å². The molecule has 0 aliphatic heterocycles. The van der Waals surface area contributed by atoms with E-state index < -0.39 is 0 Å². The summed E-state index contributed by atoms with van der Waals surface area (Å²) in [5.74, 6) is 1.48. The lowest BCUT2D eigenvalue weighted by atomic mass is 9.88. The first-order valence-electron chi connectivity index (χ1n) is 9.88. The highest BCUT2D eigenvalue weighted by Gasteiger charge is 2.22. The Labute approximate surface area is 161 Å². The highest BCUT2D eigenvalue weighted by atomic mass is 16.5. The second-order valence-corrected chi connectivity index (χ2v) is 7.19. The molecular weight excluding hydrogens is 340 g/mol. The number of rotatable bonds is 7. The van der Waals surface area contributed by atoms with Crippen LogP contribution >= 0.6 is 0 Å². The van der Waals surface area contributed by atoms with Gasteiger partial charge in [0.2, 0.25) is 0 Å². The Hall–Kier alpha value is -2.34. The highest BCUT2D eigenvalue weighted by molar-refractivity contribution is 5.95. The third kappa shape index (κ3) is 4.50. The van der Waals surface area contributed by atoms with Crippen molar-refractivity contribution in [2.24, 2.45) is 0 Å². The van der Waals surface area contributed by atoms with E-state index in [9.17, 15) is 4.79 Å². The Morgan fingerprint density at radius 3 is 2.85 bits per heavy atom. The van der Waals surface area contributed by atoms with Crippen LogP contribution in [0.25, 0.3) is 5.69 Å². The van der Waals surface area contributed by atoms with Gasteiger partial charge in [-0.25, -0.2) is 4.98 Å². The van der Waals surface area contributed by atoms with E-state index in [4.69, 9.17) is 10.5 Å². The van der Waals surface area contributed by atoms with Crippen LogP contribution in [0.15, 0.2) is 30.6 Å². The van der Waals surface area contributed by atoms with Crippen molar-refractivity contribution in [3.63, 3.8) is 0 Å². The number of nitrogen functional groups attached to an aromatic ring is 1. The fourth-order valence-corrected chi connectivity index (χ4v) is 3.73. The van der Waals surface area contributed by atoms with Gasteiger partial charge in [-0.05, 0) is 38.0 Å². The van der Waals surface area contributed by atoms with Gasteiger partial charge in [-0.3, -0.25) is 4.79 Å². The molecule has 1 aliphatic rings. The number of nitrogens with two attached hydrogens (primary N) is 1. The normalized spacial score (nSPS) is 15.0. The minimum Gasteiger partial charge on any atom is -0.397 e. The molecule has 0 atom stereocenters. The Morgan fingerprint density at radius 2 is 2.11 bits per heavy atom. The van der Waals surface area contributed by atoms with Gasteiger partial charge in [-0.2, -0.15) is 0 Å². The summed E-state index contributed by atoms with van der Waals surface area (Å²) in [6.07, 6.45) is 9.89. The molecule has 2 aromatic rings. The van der Waals surface area contributed by atoms with E-state index in [0.29, 0.717) is 36.9 Å². The first kappa shape index (κ1) is 19.4. The SMILES string of the molecule is CCOCCN(C)C(=O)c1ccc(N)c(-n2ccnc2C2CCCCC2)c1. The maximum absolute atomic E-state index is 12.8. The van der Waals surface area contributed by atoms with Crippen LogP contribution in [0.2, 0.25) is 0 Å². The second kappa shape index (κ2) is 9.04. The average Bonchev–Trinajstić information content (AvgIpc) is 3.18. The highest BCUT2D eigenvalue weighted by Crippen LogP contribution is 2.33. The van der Waals surface area contributed by atoms with Crippen LogP contribution in [0.3, 0.4) is 0 Å². The number of ether oxygens (including phenoxy) is 1. The molecule has 1 heterocycles. The van der Waals surface area contributed by atoms with Crippen molar-refractivity contribution in [2.45, 2.75) is 44.9 Å². The van der Waals surface area contributed by atoms with Gasteiger partial charge in [-0.1, -0.05) is 19.3 Å². The quantitative estimate of drug-likeness (QED) is 0.597. The molecule has 146 valence electrons. The number of likely N-dealkylation sites (N-methyl/N-ethyl adjacent to an activating group) is 1. The van der Waals surface area contributed by atoms with E-state index in [-0.39, 0.29) is 5.91 Å².